The Morgan fingerprint density at radius 1 is 1.36 bits per heavy atom. The van der Waals surface area contributed by atoms with Gasteiger partial charge in [-0.25, -0.2) is 0 Å². The Balaban J connectivity index is 1.71. The van der Waals surface area contributed by atoms with Gasteiger partial charge >= 0.3 is 6.36 Å². The van der Waals surface area contributed by atoms with Crippen molar-refractivity contribution in [2.75, 3.05) is 26.7 Å². The van der Waals surface area contributed by atoms with Crippen molar-refractivity contribution in [1.29, 1.82) is 0 Å². The quantitative estimate of drug-likeness (QED) is 0.760. The third kappa shape index (κ3) is 4.95. The van der Waals surface area contributed by atoms with Gasteiger partial charge in [0.2, 0.25) is 5.91 Å². The van der Waals surface area contributed by atoms with Crippen LogP contribution in [0.3, 0.4) is 0 Å². The monoisotopic (exact) mass is 401 g/mol. The smallest absolute Gasteiger partial charge is 0.406 e. The Labute approximate surface area is 162 Å². The maximum absolute atomic E-state index is 12.7. The number of halogens is 3. The Morgan fingerprint density at radius 3 is 2.86 bits per heavy atom. The zero-order chi connectivity index (χ0) is 20.3. The van der Waals surface area contributed by atoms with E-state index in [1.165, 1.54) is 18.2 Å². The highest BCUT2D eigenvalue weighted by Crippen LogP contribution is 2.30. The molecule has 2 aliphatic heterocycles. The molecule has 3 unspecified atom stereocenters. The summed E-state index contributed by atoms with van der Waals surface area (Å²) in [6.45, 7) is 1.71. The summed E-state index contributed by atoms with van der Waals surface area (Å²) in [5.41, 5.74) is 0.666. The molecule has 3 atom stereocenters. The first-order valence-corrected chi connectivity index (χ1v) is 9.48. The molecule has 0 bridgehead atoms. The molecule has 0 spiro atoms. The number of alkyl halides is 3. The normalized spacial score (nSPS) is 26.6. The van der Waals surface area contributed by atoms with Gasteiger partial charge in [-0.15, -0.1) is 13.2 Å². The van der Waals surface area contributed by atoms with Crippen LogP contribution < -0.4 is 10.1 Å². The van der Waals surface area contributed by atoms with E-state index in [0.717, 1.165) is 12.8 Å². The molecular weight excluding hydrogens is 375 g/mol. The second-order valence-electron chi connectivity index (χ2n) is 7.40. The number of fused-ring (bicyclic) bond motifs is 1. The van der Waals surface area contributed by atoms with Crippen molar-refractivity contribution >= 4 is 5.91 Å². The average Bonchev–Trinajstić information content (AvgIpc) is 2.98. The van der Waals surface area contributed by atoms with E-state index in [2.05, 4.69) is 15.0 Å². The number of ether oxygens (including phenoxy) is 1. The molecule has 0 saturated carbocycles. The number of rotatable bonds is 6. The minimum absolute atomic E-state index is 0.0424. The van der Waals surface area contributed by atoms with E-state index in [1.807, 2.05) is 11.9 Å². The number of benzene rings is 1. The molecule has 2 saturated heterocycles. The van der Waals surface area contributed by atoms with Crippen LogP contribution in [0, 0.1) is 0 Å². The van der Waals surface area contributed by atoms with E-state index in [9.17, 15) is 18.0 Å². The van der Waals surface area contributed by atoms with Crippen LogP contribution in [-0.4, -0.2) is 72.0 Å². The van der Waals surface area contributed by atoms with Gasteiger partial charge in [0.25, 0.3) is 0 Å². The molecule has 2 aliphatic rings. The van der Waals surface area contributed by atoms with E-state index in [-0.39, 0.29) is 36.4 Å². The number of aliphatic hydroxyl groups is 1. The predicted octanol–water partition coefficient (Wildman–Crippen LogP) is 1.73. The van der Waals surface area contributed by atoms with E-state index >= 15 is 0 Å². The van der Waals surface area contributed by atoms with E-state index < -0.39 is 6.36 Å². The first-order valence-electron chi connectivity index (χ1n) is 9.48. The predicted molar refractivity (Wildman–Crippen MR) is 96.6 cm³/mol. The maximum Gasteiger partial charge on any atom is 0.573 e. The molecule has 2 heterocycles. The van der Waals surface area contributed by atoms with Crippen LogP contribution in [0.5, 0.6) is 5.75 Å². The summed E-state index contributed by atoms with van der Waals surface area (Å²) in [5, 5.41) is 12.1. The molecule has 9 heteroatoms. The first-order chi connectivity index (χ1) is 13.3. The highest BCUT2D eigenvalue weighted by molar-refractivity contribution is 5.83. The number of carbonyl (C=O) groups excluding carboxylic acids is 1. The van der Waals surface area contributed by atoms with Crippen LogP contribution in [0.2, 0.25) is 0 Å². The summed E-state index contributed by atoms with van der Waals surface area (Å²) in [4.78, 5) is 16.9. The summed E-state index contributed by atoms with van der Waals surface area (Å²) in [5.74, 6) is -0.309. The van der Waals surface area contributed by atoms with Crippen molar-refractivity contribution in [3.05, 3.63) is 29.8 Å². The molecule has 0 aromatic heterocycles. The highest BCUT2D eigenvalue weighted by Gasteiger charge is 2.44. The minimum Gasteiger partial charge on any atom is -0.406 e. The lowest BCUT2D eigenvalue weighted by Crippen LogP contribution is -2.49. The number of nitrogens with zero attached hydrogens (tertiary/aromatic N) is 2. The number of amides is 1. The molecular formula is C19H26F3N3O3. The third-order valence-electron chi connectivity index (χ3n) is 5.56. The fraction of sp³-hybridized carbons (Fsp3) is 0.632. The lowest BCUT2D eigenvalue weighted by atomic mass is 10.0. The molecule has 1 aromatic rings. The standard InChI is InChI=1S/C19H26F3N3O3/c1-24-14(5-3-9-26)11-23-18(27)17-16(24)7-8-25(17)12-13-4-2-6-15(10-13)28-19(20,21)22/h2,4,6,10,14,16-17,26H,3,5,7-9,11-12H2,1H3,(H,23,27). The SMILES string of the molecule is CN1C(CCCO)CNC(=O)C2C1CCN2Cc1cccc(OC(F)(F)F)c1. The molecule has 6 nitrogen and oxygen atoms in total. The molecule has 0 aliphatic carbocycles. The Hall–Kier alpha value is -1.84. The van der Waals surface area contributed by atoms with Crippen LogP contribution in [0.25, 0.3) is 0 Å². The fourth-order valence-corrected chi connectivity index (χ4v) is 4.23. The summed E-state index contributed by atoms with van der Waals surface area (Å²) in [7, 11) is 2.00. The van der Waals surface area contributed by atoms with Crippen molar-refractivity contribution in [1.82, 2.24) is 15.1 Å². The molecule has 0 radical (unpaired) electrons. The minimum atomic E-state index is -4.73. The topological polar surface area (TPSA) is 65.0 Å². The van der Waals surface area contributed by atoms with Crippen molar-refractivity contribution in [3.8, 4) is 5.75 Å². The Kier molecular flexibility index (Phi) is 6.47. The number of likely N-dealkylation sites (N-methyl/N-ethyl adjacent to an activating group) is 1. The van der Waals surface area contributed by atoms with E-state index in [4.69, 9.17) is 5.11 Å². The van der Waals surface area contributed by atoms with Crippen LogP contribution in [-0.2, 0) is 11.3 Å². The van der Waals surface area contributed by atoms with Crippen LogP contribution in [0.1, 0.15) is 24.8 Å². The van der Waals surface area contributed by atoms with Crippen molar-refractivity contribution in [3.63, 3.8) is 0 Å². The maximum atomic E-state index is 12.7. The first kappa shape index (κ1) is 20.9. The fourth-order valence-electron chi connectivity index (χ4n) is 4.23. The largest absolute Gasteiger partial charge is 0.573 e. The lowest BCUT2D eigenvalue weighted by molar-refractivity contribution is -0.274. The van der Waals surface area contributed by atoms with Crippen LogP contribution >= 0.6 is 0 Å². The number of carbonyl (C=O) groups is 1. The Morgan fingerprint density at radius 2 is 2.14 bits per heavy atom. The summed E-state index contributed by atoms with van der Waals surface area (Å²) < 4.78 is 41.4. The molecule has 1 amide bonds. The molecule has 2 N–H and O–H groups in total. The zero-order valence-corrected chi connectivity index (χ0v) is 15.8. The highest BCUT2D eigenvalue weighted by atomic mass is 19.4. The van der Waals surface area contributed by atoms with Gasteiger partial charge in [0.1, 0.15) is 11.8 Å². The Bertz CT molecular complexity index is 686. The molecule has 28 heavy (non-hydrogen) atoms. The molecule has 3 rings (SSSR count). The van der Waals surface area contributed by atoms with Gasteiger partial charge in [0.05, 0.1) is 0 Å². The number of hydrogen-bond acceptors (Lipinski definition) is 5. The van der Waals surface area contributed by atoms with Crippen molar-refractivity contribution in [2.45, 2.75) is 50.3 Å². The van der Waals surface area contributed by atoms with Gasteiger partial charge in [0, 0.05) is 38.3 Å². The number of nitrogens with one attached hydrogen (secondary N) is 1. The van der Waals surface area contributed by atoms with Crippen molar-refractivity contribution < 1.29 is 27.8 Å². The van der Waals surface area contributed by atoms with E-state index in [1.54, 1.807) is 6.07 Å². The molecule has 2 fully saturated rings. The van der Waals surface area contributed by atoms with Gasteiger partial charge in [-0.3, -0.25) is 14.6 Å². The second kappa shape index (κ2) is 8.67. The summed E-state index contributed by atoms with van der Waals surface area (Å²) >= 11 is 0. The van der Waals surface area contributed by atoms with Gasteiger partial charge in [0.15, 0.2) is 0 Å². The van der Waals surface area contributed by atoms with Crippen LogP contribution in [0.15, 0.2) is 24.3 Å². The van der Waals surface area contributed by atoms with E-state index in [0.29, 0.717) is 31.6 Å². The van der Waals surface area contributed by atoms with Gasteiger partial charge < -0.3 is 15.2 Å². The van der Waals surface area contributed by atoms with Crippen molar-refractivity contribution in [2.24, 2.45) is 0 Å². The third-order valence-corrected chi connectivity index (χ3v) is 5.56. The zero-order valence-electron chi connectivity index (χ0n) is 15.8. The van der Waals surface area contributed by atoms with Gasteiger partial charge in [-0.05, 0) is 44.0 Å². The summed E-state index contributed by atoms with van der Waals surface area (Å²) in [6, 6.07) is 5.74. The average molecular weight is 401 g/mol. The number of aliphatic hydroxyl groups excluding tert-OH is 1. The van der Waals surface area contributed by atoms with Gasteiger partial charge in [-0.1, -0.05) is 12.1 Å². The van der Waals surface area contributed by atoms with Crippen LogP contribution in [0.4, 0.5) is 13.2 Å². The second-order valence-corrected chi connectivity index (χ2v) is 7.40. The number of hydrogen-bond donors (Lipinski definition) is 2. The summed E-state index contributed by atoms with van der Waals surface area (Å²) in [6.07, 6.45) is -2.45. The lowest BCUT2D eigenvalue weighted by Gasteiger charge is -2.33. The number of likely N-dealkylation sites (tertiary alicyclic amines) is 1. The molecule has 1 aromatic carbocycles. The van der Waals surface area contributed by atoms with Gasteiger partial charge in [-0.2, -0.15) is 0 Å². The molecule has 156 valence electrons.